The lowest BCUT2D eigenvalue weighted by Crippen LogP contribution is -2.67. The van der Waals surface area contributed by atoms with E-state index in [0.29, 0.717) is 12.1 Å². The van der Waals surface area contributed by atoms with Crippen molar-refractivity contribution in [3.8, 4) is 0 Å². The van der Waals surface area contributed by atoms with Crippen LogP contribution in [-0.4, -0.2) is 40.0 Å². The summed E-state index contributed by atoms with van der Waals surface area (Å²) in [7, 11) is 0. The van der Waals surface area contributed by atoms with Gasteiger partial charge in [0, 0.05) is 49.5 Å². The van der Waals surface area contributed by atoms with Crippen molar-refractivity contribution in [2.75, 3.05) is 13.1 Å². The molecule has 2 aromatic rings. The number of hydrogen-bond donors (Lipinski definition) is 0. The maximum Gasteiger partial charge on any atom is 0.141 e. The van der Waals surface area contributed by atoms with Gasteiger partial charge in [-0.05, 0) is 29.7 Å². The van der Waals surface area contributed by atoms with Crippen molar-refractivity contribution in [3.63, 3.8) is 0 Å². The molecule has 0 saturated carbocycles. The summed E-state index contributed by atoms with van der Waals surface area (Å²) < 4.78 is 13.2. The highest BCUT2D eigenvalue weighted by atomic mass is 35.5. The molecule has 23 heavy (non-hydrogen) atoms. The van der Waals surface area contributed by atoms with Crippen molar-refractivity contribution in [1.29, 1.82) is 0 Å². The maximum absolute atomic E-state index is 13.2. The summed E-state index contributed by atoms with van der Waals surface area (Å²) in [5, 5.41) is 0.847. The Hall–Kier alpha value is -1.49. The van der Waals surface area contributed by atoms with Crippen LogP contribution in [0.2, 0.25) is 5.02 Å². The Kier molecular flexibility index (Phi) is 4.05. The van der Waals surface area contributed by atoms with E-state index < -0.39 is 0 Å². The van der Waals surface area contributed by atoms with Gasteiger partial charge in [-0.3, -0.25) is 14.8 Å². The molecule has 0 spiro atoms. The van der Waals surface area contributed by atoms with E-state index in [4.69, 9.17) is 11.6 Å². The highest BCUT2D eigenvalue weighted by molar-refractivity contribution is 6.31. The molecule has 0 aliphatic carbocycles. The molecule has 3 aliphatic heterocycles. The van der Waals surface area contributed by atoms with Gasteiger partial charge in [-0.15, -0.1) is 0 Å². The Morgan fingerprint density at radius 2 is 1.91 bits per heavy atom. The second kappa shape index (κ2) is 6.19. The van der Waals surface area contributed by atoms with E-state index in [-0.39, 0.29) is 5.82 Å². The molecule has 3 nitrogen and oxygen atoms in total. The number of piperidine rings is 1. The first kappa shape index (κ1) is 15.1. The first-order chi connectivity index (χ1) is 11.2. The van der Waals surface area contributed by atoms with E-state index in [2.05, 4.69) is 20.9 Å². The Bertz CT molecular complexity index is 696. The number of rotatable bonds is 4. The number of benzene rings is 1. The summed E-state index contributed by atoms with van der Waals surface area (Å²) in [5.41, 5.74) is 2.15. The molecule has 3 fully saturated rings. The van der Waals surface area contributed by atoms with Crippen LogP contribution in [0, 0.1) is 5.82 Å². The van der Waals surface area contributed by atoms with Crippen molar-refractivity contribution < 1.29 is 4.39 Å². The molecule has 0 amide bonds. The Morgan fingerprint density at radius 1 is 1.13 bits per heavy atom. The van der Waals surface area contributed by atoms with Crippen molar-refractivity contribution in [1.82, 2.24) is 14.8 Å². The molecule has 5 heteroatoms. The Labute approximate surface area is 140 Å². The molecule has 3 saturated heterocycles. The van der Waals surface area contributed by atoms with Crippen molar-refractivity contribution in [2.45, 2.75) is 31.6 Å². The van der Waals surface area contributed by atoms with Crippen LogP contribution in [0.4, 0.5) is 4.39 Å². The fourth-order valence-corrected chi connectivity index (χ4v) is 3.98. The highest BCUT2D eigenvalue weighted by Crippen LogP contribution is 2.35. The number of nitrogens with zero attached hydrogens (tertiary/aromatic N) is 3. The Morgan fingerprint density at radius 3 is 2.65 bits per heavy atom. The van der Waals surface area contributed by atoms with Gasteiger partial charge in [-0.1, -0.05) is 29.8 Å². The van der Waals surface area contributed by atoms with Gasteiger partial charge in [0.2, 0.25) is 0 Å². The molecule has 0 radical (unpaired) electrons. The highest BCUT2D eigenvalue weighted by Gasteiger charge is 2.44. The molecule has 120 valence electrons. The zero-order valence-corrected chi connectivity index (χ0v) is 13.6. The lowest BCUT2D eigenvalue weighted by atomic mass is 9.86. The van der Waals surface area contributed by atoms with E-state index in [0.717, 1.165) is 36.8 Å². The lowest BCUT2D eigenvalue weighted by Gasteiger charge is -2.56. The predicted molar refractivity (Wildman–Crippen MR) is 88.7 cm³/mol. The van der Waals surface area contributed by atoms with Gasteiger partial charge >= 0.3 is 0 Å². The lowest BCUT2D eigenvalue weighted by molar-refractivity contribution is -0.0774. The fourth-order valence-electron chi connectivity index (χ4n) is 3.79. The normalized spacial score (nSPS) is 24.4. The molecule has 1 aromatic heterocycles. The van der Waals surface area contributed by atoms with Gasteiger partial charge in [0.1, 0.15) is 5.82 Å². The van der Waals surface area contributed by atoms with Gasteiger partial charge in [0.05, 0.1) is 6.20 Å². The predicted octanol–water partition coefficient (Wildman–Crippen LogP) is 3.33. The summed E-state index contributed by atoms with van der Waals surface area (Å²) in [5.74, 6) is -0.259. The van der Waals surface area contributed by atoms with E-state index in [9.17, 15) is 4.39 Å². The number of halogens is 2. The number of hydrogen-bond acceptors (Lipinski definition) is 3. The SMILES string of the molecule is Fc1cncc(CN2CC3CC(C2)N3Cc2ccccc2Cl)c1. The third-order valence-electron chi connectivity index (χ3n) is 4.90. The van der Waals surface area contributed by atoms with Crippen molar-refractivity contribution in [2.24, 2.45) is 0 Å². The van der Waals surface area contributed by atoms with Crippen LogP contribution in [-0.2, 0) is 13.1 Å². The zero-order valence-electron chi connectivity index (χ0n) is 12.8. The molecule has 2 atom stereocenters. The van der Waals surface area contributed by atoms with Crippen molar-refractivity contribution >= 4 is 11.6 Å². The summed E-state index contributed by atoms with van der Waals surface area (Å²) in [6.45, 7) is 3.75. The van der Waals surface area contributed by atoms with Crippen LogP contribution < -0.4 is 0 Å². The minimum atomic E-state index is -0.259. The Balaban J connectivity index is 1.38. The number of piperazine rings is 1. The first-order valence-corrected chi connectivity index (χ1v) is 8.38. The summed E-state index contributed by atoms with van der Waals surface area (Å²) in [4.78, 5) is 8.88. The van der Waals surface area contributed by atoms with Crippen LogP contribution in [0.1, 0.15) is 17.5 Å². The molecule has 3 aliphatic rings. The van der Waals surface area contributed by atoms with Crippen LogP contribution >= 0.6 is 11.6 Å². The maximum atomic E-state index is 13.2. The van der Waals surface area contributed by atoms with Gasteiger partial charge in [-0.2, -0.15) is 0 Å². The van der Waals surface area contributed by atoms with Crippen LogP contribution in [0.3, 0.4) is 0 Å². The van der Waals surface area contributed by atoms with Crippen LogP contribution in [0.25, 0.3) is 0 Å². The molecule has 4 heterocycles. The summed E-state index contributed by atoms with van der Waals surface area (Å²) in [6, 6.07) is 10.8. The van der Waals surface area contributed by atoms with Crippen LogP contribution in [0.15, 0.2) is 42.7 Å². The number of aromatic nitrogens is 1. The number of pyridine rings is 1. The van der Waals surface area contributed by atoms with Gasteiger partial charge in [0.25, 0.3) is 0 Å². The third kappa shape index (κ3) is 3.11. The third-order valence-corrected chi connectivity index (χ3v) is 5.27. The van der Waals surface area contributed by atoms with Gasteiger partial charge in [0.15, 0.2) is 0 Å². The van der Waals surface area contributed by atoms with E-state index in [1.54, 1.807) is 12.3 Å². The molecule has 5 rings (SSSR count). The topological polar surface area (TPSA) is 19.4 Å². The molecular weight excluding hydrogens is 313 g/mol. The summed E-state index contributed by atoms with van der Waals surface area (Å²) >= 11 is 6.28. The van der Waals surface area contributed by atoms with Gasteiger partial charge < -0.3 is 0 Å². The minimum Gasteiger partial charge on any atom is -0.296 e. The molecular formula is C18H19ClFN3. The minimum absolute atomic E-state index is 0.259. The second-order valence-corrected chi connectivity index (χ2v) is 6.92. The molecule has 2 bridgehead atoms. The van der Waals surface area contributed by atoms with E-state index in [1.165, 1.54) is 18.2 Å². The van der Waals surface area contributed by atoms with Crippen LogP contribution in [0.5, 0.6) is 0 Å². The molecule has 0 N–H and O–H groups in total. The zero-order chi connectivity index (χ0) is 15.8. The van der Waals surface area contributed by atoms with Gasteiger partial charge in [-0.25, -0.2) is 4.39 Å². The smallest absolute Gasteiger partial charge is 0.141 e. The molecule has 2 unspecified atom stereocenters. The average molecular weight is 332 g/mol. The second-order valence-electron chi connectivity index (χ2n) is 6.51. The first-order valence-electron chi connectivity index (χ1n) is 8.00. The quantitative estimate of drug-likeness (QED) is 0.856. The van der Waals surface area contributed by atoms with E-state index in [1.807, 2.05) is 18.2 Å². The fraction of sp³-hybridized carbons (Fsp3) is 0.389. The van der Waals surface area contributed by atoms with Crippen molar-refractivity contribution in [3.05, 3.63) is 64.7 Å². The largest absolute Gasteiger partial charge is 0.296 e. The molecule has 1 aromatic carbocycles. The average Bonchev–Trinajstić information content (AvgIpc) is 2.54. The van der Waals surface area contributed by atoms with E-state index >= 15 is 0 Å². The summed E-state index contributed by atoms with van der Waals surface area (Å²) in [6.07, 6.45) is 4.26. The standard InChI is InChI=1S/C18H19ClFN3/c19-18-4-2-1-3-14(18)10-23-16-6-17(23)12-22(11-16)9-13-5-15(20)8-21-7-13/h1-5,7-8,16-17H,6,9-12H2. The monoisotopic (exact) mass is 331 g/mol. The number of fused-ring (bicyclic) bond motifs is 2.